The molecule has 116 valence electrons. The van der Waals surface area contributed by atoms with E-state index in [1.807, 2.05) is 6.92 Å². The lowest BCUT2D eigenvalue weighted by molar-refractivity contribution is -0.144. The van der Waals surface area contributed by atoms with Crippen molar-refractivity contribution in [2.24, 2.45) is 0 Å². The number of hydrogen-bond donors (Lipinski definition) is 3. The van der Waals surface area contributed by atoms with E-state index in [1.165, 1.54) is 13.0 Å². The molecular formula is C15H21FN2O3. The highest BCUT2D eigenvalue weighted by molar-refractivity contribution is 5.85. The molecule has 6 heteroatoms. The van der Waals surface area contributed by atoms with Gasteiger partial charge in [-0.05, 0) is 31.4 Å². The molecule has 21 heavy (non-hydrogen) atoms. The van der Waals surface area contributed by atoms with E-state index in [9.17, 15) is 14.0 Å². The maximum absolute atomic E-state index is 13.4. The van der Waals surface area contributed by atoms with Crippen LogP contribution in [0.1, 0.15) is 32.3 Å². The largest absolute Gasteiger partial charge is 0.480 e. The Balaban J connectivity index is 2.47. The average Bonchev–Trinajstić information content (AvgIpc) is 2.41. The van der Waals surface area contributed by atoms with Gasteiger partial charge in [0.1, 0.15) is 11.4 Å². The summed E-state index contributed by atoms with van der Waals surface area (Å²) in [5.41, 5.74) is -0.788. The Hall–Kier alpha value is -2.11. The summed E-state index contributed by atoms with van der Waals surface area (Å²) in [7, 11) is 0. The van der Waals surface area contributed by atoms with E-state index >= 15 is 0 Å². The number of benzene rings is 1. The number of urea groups is 1. The van der Waals surface area contributed by atoms with E-state index < -0.39 is 17.5 Å². The first-order valence-electron chi connectivity index (χ1n) is 6.92. The zero-order valence-electron chi connectivity index (χ0n) is 12.3. The summed E-state index contributed by atoms with van der Waals surface area (Å²) in [6.45, 7) is 3.54. The molecule has 0 radical (unpaired) electrons. The monoisotopic (exact) mass is 296 g/mol. The summed E-state index contributed by atoms with van der Waals surface area (Å²) in [6.07, 6.45) is 1.32. The van der Waals surface area contributed by atoms with E-state index in [4.69, 9.17) is 5.11 Å². The molecule has 0 heterocycles. The van der Waals surface area contributed by atoms with Crippen LogP contribution in [0.5, 0.6) is 0 Å². The number of hydrogen-bond acceptors (Lipinski definition) is 2. The Bertz CT molecular complexity index is 507. The van der Waals surface area contributed by atoms with Crippen molar-refractivity contribution in [2.45, 2.75) is 38.6 Å². The standard InChI is InChI=1S/C15H21FN2O3/c1-3-9-15(2,13(19)20)18-14(21)17-10-8-11-6-4-5-7-12(11)16/h4-7H,3,8-10H2,1-2H3,(H,19,20)(H2,17,18,21). The van der Waals surface area contributed by atoms with E-state index in [2.05, 4.69) is 10.6 Å². The van der Waals surface area contributed by atoms with Crippen molar-refractivity contribution in [3.05, 3.63) is 35.6 Å². The summed E-state index contributed by atoms with van der Waals surface area (Å²) in [4.78, 5) is 22.9. The summed E-state index contributed by atoms with van der Waals surface area (Å²) in [5, 5.41) is 14.2. The maximum Gasteiger partial charge on any atom is 0.329 e. The first kappa shape index (κ1) is 16.9. The van der Waals surface area contributed by atoms with Crippen LogP contribution in [0.15, 0.2) is 24.3 Å². The molecule has 0 fully saturated rings. The van der Waals surface area contributed by atoms with Gasteiger partial charge in [0.2, 0.25) is 0 Å². The van der Waals surface area contributed by atoms with Crippen molar-refractivity contribution < 1.29 is 19.1 Å². The van der Waals surface area contributed by atoms with Crippen molar-refractivity contribution in [1.82, 2.24) is 10.6 Å². The van der Waals surface area contributed by atoms with E-state index in [0.29, 0.717) is 24.8 Å². The first-order chi connectivity index (χ1) is 9.89. The van der Waals surface area contributed by atoms with Crippen molar-refractivity contribution >= 4 is 12.0 Å². The fourth-order valence-corrected chi connectivity index (χ4v) is 2.03. The van der Waals surface area contributed by atoms with Gasteiger partial charge in [-0.1, -0.05) is 31.5 Å². The normalized spacial score (nSPS) is 13.3. The third kappa shape index (κ3) is 5.06. The quantitative estimate of drug-likeness (QED) is 0.722. The highest BCUT2D eigenvalue weighted by atomic mass is 19.1. The molecule has 5 nitrogen and oxygen atoms in total. The lowest BCUT2D eigenvalue weighted by atomic mass is 9.97. The van der Waals surface area contributed by atoms with Gasteiger partial charge in [-0.2, -0.15) is 0 Å². The fraction of sp³-hybridized carbons (Fsp3) is 0.467. The molecule has 1 aromatic rings. The molecule has 0 saturated carbocycles. The summed E-state index contributed by atoms with van der Waals surface area (Å²) < 4.78 is 13.4. The Kier molecular flexibility index (Phi) is 6.14. The highest BCUT2D eigenvalue weighted by Gasteiger charge is 2.33. The van der Waals surface area contributed by atoms with Gasteiger partial charge in [0.05, 0.1) is 0 Å². The Morgan fingerprint density at radius 1 is 1.33 bits per heavy atom. The number of carboxylic acid groups (broad SMARTS) is 1. The minimum absolute atomic E-state index is 0.231. The maximum atomic E-state index is 13.4. The minimum atomic E-state index is -1.29. The van der Waals surface area contributed by atoms with Gasteiger partial charge < -0.3 is 15.7 Å². The predicted molar refractivity (Wildman–Crippen MR) is 77.6 cm³/mol. The average molecular weight is 296 g/mol. The van der Waals surface area contributed by atoms with E-state index in [1.54, 1.807) is 18.2 Å². The van der Waals surface area contributed by atoms with Crippen LogP contribution in [-0.2, 0) is 11.2 Å². The zero-order valence-corrected chi connectivity index (χ0v) is 12.3. The van der Waals surface area contributed by atoms with Crippen molar-refractivity contribution in [3.8, 4) is 0 Å². The molecule has 1 unspecified atom stereocenters. The fourth-order valence-electron chi connectivity index (χ4n) is 2.03. The number of aliphatic carboxylic acids is 1. The lowest BCUT2D eigenvalue weighted by Crippen LogP contribution is -2.55. The smallest absolute Gasteiger partial charge is 0.329 e. The van der Waals surface area contributed by atoms with Crippen LogP contribution >= 0.6 is 0 Å². The van der Waals surface area contributed by atoms with E-state index in [0.717, 1.165) is 0 Å². The second-order valence-corrected chi connectivity index (χ2v) is 5.11. The Labute approximate surface area is 123 Å². The van der Waals surface area contributed by atoms with Crippen LogP contribution in [0.2, 0.25) is 0 Å². The summed E-state index contributed by atoms with van der Waals surface area (Å²) in [5.74, 6) is -1.39. The van der Waals surface area contributed by atoms with Gasteiger partial charge in [-0.15, -0.1) is 0 Å². The van der Waals surface area contributed by atoms with Crippen LogP contribution in [0.3, 0.4) is 0 Å². The highest BCUT2D eigenvalue weighted by Crippen LogP contribution is 2.12. The van der Waals surface area contributed by atoms with Crippen LogP contribution in [0, 0.1) is 5.82 Å². The predicted octanol–water partition coefficient (Wildman–Crippen LogP) is 2.31. The molecule has 1 atom stereocenters. The van der Waals surface area contributed by atoms with Gasteiger partial charge in [0.25, 0.3) is 0 Å². The Morgan fingerprint density at radius 3 is 2.57 bits per heavy atom. The Morgan fingerprint density at radius 2 is 2.00 bits per heavy atom. The molecule has 0 bridgehead atoms. The van der Waals surface area contributed by atoms with Crippen LogP contribution in [0.25, 0.3) is 0 Å². The van der Waals surface area contributed by atoms with Crippen LogP contribution in [-0.4, -0.2) is 29.2 Å². The molecule has 0 saturated heterocycles. The van der Waals surface area contributed by atoms with E-state index in [-0.39, 0.29) is 12.4 Å². The van der Waals surface area contributed by atoms with Gasteiger partial charge >= 0.3 is 12.0 Å². The number of nitrogens with one attached hydrogen (secondary N) is 2. The van der Waals surface area contributed by atoms with Gasteiger partial charge in [-0.25, -0.2) is 14.0 Å². The number of rotatable bonds is 7. The van der Waals surface area contributed by atoms with Gasteiger partial charge in [-0.3, -0.25) is 0 Å². The molecule has 0 aliphatic rings. The summed E-state index contributed by atoms with van der Waals surface area (Å²) in [6, 6.07) is 5.76. The third-order valence-electron chi connectivity index (χ3n) is 3.25. The number of carbonyl (C=O) groups is 2. The molecule has 2 amide bonds. The lowest BCUT2D eigenvalue weighted by Gasteiger charge is -2.25. The molecule has 1 aromatic carbocycles. The number of amides is 2. The number of carbonyl (C=O) groups excluding carboxylic acids is 1. The van der Waals surface area contributed by atoms with Gasteiger partial charge in [0.15, 0.2) is 0 Å². The molecule has 0 aliphatic heterocycles. The van der Waals surface area contributed by atoms with Crippen molar-refractivity contribution in [1.29, 1.82) is 0 Å². The summed E-state index contributed by atoms with van der Waals surface area (Å²) >= 11 is 0. The molecule has 0 spiro atoms. The van der Waals surface area contributed by atoms with Crippen LogP contribution < -0.4 is 10.6 Å². The number of halogens is 1. The minimum Gasteiger partial charge on any atom is -0.480 e. The van der Waals surface area contributed by atoms with Crippen LogP contribution in [0.4, 0.5) is 9.18 Å². The molecule has 0 aromatic heterocycles. The second-order valence-electron chi connectivity index (χ2n) is 5.11. The first-order valence-corrected chi connectivity index (χ1v) is 6.92. The molecule has 0 aliphatic carbocycles. The topological polar surface area (TPSA) is 78.4 Å². The molecular weight excluding hydrogens is 275 g/mol. The van der Waals surface area contributed by atoms with Crippen molar-refractivity contribution in [3.63, 3.8) is 0 Å². The SMILES string of the molecule is CCCC(C)(NC(=O)NCCc1ccccc1F)C(=O)O. The third-order valence-corrected chi connectivity index (χ3v) is 3.25. The van der Waals surface area contributed by atoms with Gasteiger partial charge in [0, 0.05) is 6.54 Å². The number of carboxylic acids is 1. The van der Waals surface area contributed by atoms with Crippen molar-refractivity contribution in [2.75, 3.05) is 6.54 Å². The second kappa shape index (κ2) is 7.61. The zero-order chi connectivity index (χ0) is 15.9. The molecule has 1 rings (SSSR count). The molecule has 3 N–H and O–H groups in total.